The number of anilines is 1. The zero-order valence-corrected chi connectivity index (χ0v) is 11.4. The second kappa shape index (κ2) is 6.38. The molecule has 0 bridgehead atoms. The van der Waals surface area contributed by atoms with E-state index in [0.717, 1.165) is 6.42 Å². The van der Waals surface area contributed by atoms with Gasteiger partial charge < -0.3 is 20.3 Å². The summed E-state index contributed by atoms with van der Waals surface area (Å²) in [6.45, 7) is 1.70. The van der Waals surface area contributed by atoms with Gasteiger partial charge in [-0.1, -0.05) is 18.3 Å². The molecule has 8 heteroatoms. The van der Waals surface area contributed by atoms with Gasteiger partial charge in [0.15, 0.2) is 0 Å². The topological polar surface area (TPSA) is 105 Å². The molecule has 19 heavy (non-hydrogen) atoms. The van der Waals surface area contributed by atoms with E-state index in [0.29, 0.717) is 23.0 Å². The summed E-state index contributed by atoms with van der Waals surface area (Å²) < 4.78 is 5.47. The van der Waals surface area contributed by atoms with Crippen LogP contribution >= 0.6 is 11.3 Å². The molecule has 1 aromatic rings. The van der Waals surface area contributed by atoms with Gasteiger partial charge in [-0.15, -0.1) is 10.2 Å². The second-order valence-corrected chi connectivity index (χ2v) is 5.40. The van der Waals surface area contributed by atoms with E-state index in [2.05, 4.69) is 15.5 Å². The van der Waals surface area contributed by atoms with E-state index in [9.17, 15) is 9.90 Å². The summed E-state index contributed by atoms with van der Waals surface area (Å²) in [5.41, 5.74) is 0. The van der Waals surface area contributed by atoms with Crippen molar-refractivity contribution in [1.82, 2.24) is 10.2 Å². The van der Waals surface area contributed by atoms with Crippen LogP contribution in [0.5, 0.6) is 0 Å². The van der Waals surface area contributed by atoms with Crippen molar-refractivity contribution in [2.75, 3.05) is 11.9 Å². The maximum Gasteiger partial charge on any atom is 0.226 e. The van der Waals surface area contributed by atoms with Crippen LogP contribution in [-0.2, 0) is 9.53 Å². The standard InChI is InChI=1S/C11H17N3O4S/c1-2-3-9(17)12-11-14-13-10(19-11)7-4-6(16)8(5-15)18-7/h6-8,15-16H,2-5H2,1H3,(H,12,14,17)/t6-,7+,8+/m0/s1. The van der Waals surface area contributed by atoms with Crippen molar-refractivity contribution < 1.29 is 19.7 Å². The number of hydrogen-bond acceptors (Lipinski definition) is 7. The number of carbonyl (C=O) groups excluding carboxylic acids is 1. The highest BCUT2D eigenvalue weighted by Crippen LogP contribution is 2.35. The lowest BCUT2D eigenvalue weighted by Crippen LogP contribution is -2.24. The summed E-state index contributed by atoms with van der Waals surface area (Å²) in [6, 6.07) is 0. The molecule has 0 aromatic carbocycles. The Morgan fingerprint density at radius 1 is 1.58 bits per heavy atom. The molecule has 106 valence electrons. The number of ether oxygens (including phenoxy) is 1. The molecule has 1 fully saturated rings. The highest BCUT2D eigenvalue weighted by atomic mass is 32.1. The average molecular weight is 287 g/mol. The first-order valence-corrected chi connectivity index (χ1v) is 7.03. The Kier molecular flexibility index (Phi) is 4.81. The van der Waals surface area contributed by atoms with Crippen LogP contribution in [0.15, 0.2) is 0 Å². The molecule has 0 spiro atoms. The van der Waals surface area contributed by atoms with Crippen molar-refractivity contribution in [3.8, 4) is 0 Å². The number of aromatic nitrogens is 2. The Morgan fingerprint density at radius 2 is 2.37 bits per heavy atom. The van der Waals surface area contributed by atoms with Crippen LogP contribution in [0.2, 0.25) is 0 Å². The number of nitrogens with one attached hydrogen (secondary N) is 1. The van der Waals surface area contributed by atoms with Crippen LogP contribution in [-0.4, -0.2) is 45.1 Å². The molecule has 3 N–H and O–H groups in total. The van der Waals surface area contributed by atoms with Crippen LogP contribution in [0, 0.1) is 0 Å². The maximum absolute atomic E-state index is 11.4. The predicted octanol–water partition coefficient (Wildman–Crippen LogP) is 0.460. The molecule has 1 saturated heterocycles. The molecular weight excluding hydrogens is 270 g/mol. The zero-order valence-electron chi connectivity index (χ0n) is 10.6. The zero-order chi connectivity index (χ0) is 13.8. The largest absolute Gasteiger partial charge is 0.394 e. The van der Waals surface area contributed by atoms with E-state index in [1.165, 1.54) is 11.3 Å². The van der Waals surface area contributed by atoms with Crippen molar-refractivity contribution in [3.05, 3.63) is 5.01 Å². The highest BCUT2D eigenvalue weighted by molar-refractivity contribution is 7.15. The molecule has 0 unspecified atom stereocenters. The first-order valence-electron chi connectivity index (χ1n) is 6.21. The van der Waals surface area contributed by atoms with Gasteiger partial charge in [-0.25, -0.2) is 0 Å². The first-order chi connectivity index (χ1) is 9.13. The third-order valence-electron chi connectivity index (χ3n) is 2.84. The summed E-state index contributed by atoms with van der Waals surface area (Å²) in [7, 11) is 0. The van der Waals surface area contributed by atoms with Gasteiger partial charge in [-0.05, 0) is 6.42 Å². The van der Waals surface area contributed by atoms with Crippen LogP contribution in [0.25, 0.3) is 0 Å². The molecule has 7 nitrogen and oxygen atoms in total. The minimum atomic E-state index is -0.697. The molecule has 0 radical (unpaired) electrons. The molecule has 0 aliphatic carbocycles. The smallest absolute Gasteiger partial charge is 0.226 e. The normalized spacial score (nSPS) is 26.6. The number of nitrogens with zero attached hydrogens (tertiary/aromatic N) is 2. The summed E-state index contributed by atoms with van der Waals surface area (Å²) in [4.78, 5) is 11.4. The highest BCUT2D eigenvalue weighted by Gasteiger charge is 2.36. The third kappa shape index (κ3) is 3.47. The van der Waals surface area contributed by atoms with E-state index in [-0.39, 0.29) is 18.6 Å². The van der Waals surface area contributed by atoms with Gasteiger partial charge in [0.2, 0.25) is 11.0 Å². The maximum atomic E-state index is 11.4. The number of carbonyl (C=O) groups is 1. The molecule has 3 atom stereocenters. The molecule has 1 aliphatic heterocycles. The number of aliphatic hydroxyl groups is 2. The lowest BCUT2D eigenvalue weighted by atomic mass is 10.1. The monoisotopic (exact) mass is 287 g/mol. The van der Waals surface area contributed by atoms with E-state index >= 15 is 0 Å². The summed E-state index contributed by atoms with van der Waals surface area (Å²) in [5, 5.41) is 30.2. The fraction of sp³-hybridized carbons (Fsp3) is 0.727. The van der Waals surface area contributed by atoms with Gasteiger partial charge in [-0.3, -0.25) is 4.79 Å². The fourth-order valence-electron chi connectivity index (χ4n) is 1.88. The Hall–Kier alpha value is -1.09. The SMILES string of the molecule is CCCC(=O)Nc1nnc([C@H]2C[C@H](O)[C@@H](CO)O2)s1. The van der Waals surface area contributed by atoms with Gasteiger partial charge in [0.05, 0.1) is 12.7 Å². The number of hydrogen-bond donors (Lipinski definition) is 3. The Morgan fingerprint density at radius 3 is 3.00 bits per heavy atom. The van der Waals surface area contributed by atoms with Crippen LogP contribution in [0.3, 0.4) is 0 Å². The number of rotatable bonds is 5. The van der Waals surface area contributed by atoms with Gasteiger partial charge in [0, 0.05) is 12.8 Å². The van der Waals surface area contributed by atoms with Gasteiger partial charge in [0.25, 0.3) is 0 Å². The first kappa shape index (κ1) is 14.3. The fourth-order valence-corrected chi connectivity index (χ4v) is 2.69. The van der Waals surface area contributed by atoms with Gasteiger partial charge >= 0.3 is 0 Å². The minimum absolute atomic E-state index is 0.0918. The molecular formula is C11H17N3O4S. The summed E-state index contributed by atoms with van der Waals surface area (Å²) >= 11 is 1.23. The van der Waals surface area contributed by atoms with Crippen LogP contribution in [0.4, 0.5) is 5.13 Å². The molecule has 1 aromatic heterocycles. The molecule has 2 heterocycles. The quantitative estimate of drug-likeness (QED) is 0.726. The summed E-state index contributed by atoms with van der Waals surface area (Å²) in [6.07, 6.45) is -0.0539. The van der Waals surface area contributed by atoms with Crippen molar-refractivity contribution in [2.24, 2.45) is 0 Å². The van der Waals surface area contributed by atoms with Crippen LogP contribution < -0.4 is 5.32 Å². The molecule has 1 amide bonds. The van der Waals surface area contributed by atoms with E-state index in [1.54, 1.807) is 0 Å². The molecule has 0 saturated carbocycles. The number of aliphatic hydroxyl groups excluding tert-OH is 2. The summed E-state index contributed by atoms with van der Waals surface area (Å²) in [5.74, 6) is -0.0918. The lowest BCUT2D eigenvalue weighted by molar-refractivity contribution is -0.116. The van der Waals surface area contributed by atoms with E-state index < -0.39 is 12.2 Å². The minimum Gasteiger partial charge on any atom is -0.394 e. The van der Waals surface area contributed by atoms with Gasteiger partial charge in [0.1, 0.15) is 17.2 Å². The van der Waals surface area contributed by atoms with Crippen molar-refractivity contribution in [1.29, 1.82) is 0 Å². The Labute approximate surface area is 114 Å². The van der Waals surface area contributed by atoms with Crippen molar-refractivity contribution in [2.45, 2.75) is 44.5 Å². The van der Waals surface area contributed by atoms with Crippen molar-refractivity contribution in [3.63, 3.8) is 0 Å². The second-order valence-electron chi connectivity index (χ2n) is 4.39. The Balaban J connectivity index is 1.96. The van der Waals surface area contributed by atoms with Gasteiger partial charge in [-0.2, -0.15) is 0 Å². The average Bonchev–Trinajstić information content (AvgIpc) is 2.96. The lowest BCUT2D eigenvalue weighted by Gasteiger charge is -2.09. The third-order valence-corrected chi connectivity index (χ3v) is 3.77. The predicted molar refractivity (Wildman–Crippen MR) is 68.8 cm³/mol. The Bertz CT molecular complexity index is 439. The number of amides is 1. The molecule has 1 aliphatic rings. The van der Waals surface area contributed by atoms with E-state index in [4.69, 9.17) is 9.84 Å². The van der Waals surface area contributed by atoms with Crippen molar-refractivity contribution >= 4 is 22.4 Å². The van der Waals surface area contributed by atoms with E-state index in [1.807, 2.05) is 6.92 Å². The van der Waals surface area contributed by atoms with Crippen LogP contribution in [0.1, 0.15) is 37.3 Å². The molecule has 2 rings (SSSR count).